The Morgan fingerprint density at radius 2 is 1.70 bits per heavy atom. The fourth-order valence-corrected chi connectivity index (χ4v) is 2.43. The van der Waals surface area contributed by atoms with Gasteiger partial charge < -0.3 is 15.4 Å². The van der Waals surface area contributed by atoms with Crippen LogP contribution in [-0.4, -0.2) is 26.7 Å². The van der Waals surface area contributed by atoms with E-state index >= 15 is 0 Å². The highest BCUT2D eigenvalue weighted by Gasteiger charge is 2.10. The first-order chi connectivity index (χ1) is 9.83. The van der Waals surface area contributed by atoms with Gasteiger partial charge in [-0.05, 0) is 31.5 Å². The van der Waals surface area contributed by atoms with Crippen molar-refractivity contribution in [1.82, 2.24) is 0 Å². The maximum atomic E-state index is 5.66. The number of ether oxygens (including phenoxy) is 1. The highest BCUT2D eigenvalue weighted by Crippen LogP contribution is 2.28. The van der Waals surface area contributed by atoms with Crippen LogP contribution >= 0.6 is 0 Å². The van der Waals surface area contributed by atoms with Gasteiger partial charge in [0.1, 0.15) is 5.75 Å². The SMILES string of the molecule is CCCCCCCN(CCCN)c1ccccc1OC. The van der Waals surface area contributed by atoms with Crippen LogP contribution in [-0.2, 0) is 0 Å². The Kier molecular flexibility index (Phi) is 8.88. The molecule has 0 spiro atoms. The Bertz CT molecular complexity index is 355. The summed E-state index contributed by atoms with van der Waals surface area (Å²) in [6.07, 6.45) is 7.55. The number of nitrogens with zero attached hydrogens (tertiary/aromatic N) is 1. The standard InChI is InChI=1S/C17H30N2O/c1-3-4-5-6-9-14-19(15-10-13-18)16-11-7-8-12-17(16)20-2/h7-8,11-12H,3-6,9-10,13-15,18H2,1-2H3. The van der Waals surface area contributed by atoms with Crippen LogP contribution < -0.4 is 15.4 Å². The molecule has 0 unspecified atom stereocenters. The number of nitrogens with two attached hydrogens (primary N) is 1. The predicted octanol–water partition coefficient (Wildman–Crippen LogP) is 3.82. The maximum Gasteiger partial charge on any atom is 0.142 e. The molecule has 0 fully saturated rings. The lowest BCUT2D eigenvalue weighted by Crippen LogP contribution is -2.27. The van der Waals surface area contributed by atoms with Crippen LogP contribution in [0, 0.1) is 0 Å². The zero-order chi connectivity index (χ0) is 14.6. The number of methoxy groups -OCH3 is 1. The van der Waals surface area contributed by atoms with E-state index in [9.17, 15) is 0 Å². The molecule has 0 aliphatic carbocycles. The van der Waals surface area contributed by atoms with Crippen molar-refractivity contribution in [2.45, 2.75) is 45.4 Å². The van der Waals surface area contributed by atoms with Gasteiger partial charge in [-0.1, -0.05) is 44.7 Å². The average molecular weight is 278 g/mol. The van der Waals surface area contributed by atoms with Crippen LogP contribution in [0.2, 0.25) is 0 Å². The Labute approximate surface area is 124 Å². The topological polar surface area (TPSA) is 38.5 Å². The molecule has 0 radical (unpaired) electrons. The predicted molar refractivity (Wildman–Crippen MR) is 87.6 cm³/mol. The van der Waals surface area contributed by atoms with Crippen molar-refractivity contribution in [3.8, 4) is 5.75 Å². The minimum absolute atomic E-state index is 0.738. The third-order valence-electron chi connectivity index (χ3n) is 3.59. The third-order valence-corrected chi connectivity index (χ3v) is 3.59. The van der Waals surface area contributed by atoms with E-state index in [0.29, 0.717) is 0 Å². The molecule has 0 heterocycles. The highest BCUT2D eigenvalue weighted by atomic mass is 16.5. The van der Waals surface area contributed by atoms with E-state index in [1.807, 2.05) is 12.1 Å². The Hall–Kier alpha value is -1.22. The molecule has 0 amide bonds. The molecule has 3 heteroatoms. The van der Waals surface area contributed by atoms with Gasteiger partial charge in [0.15, 0.2) is 0 Å². The smallest absolute Gasteiger partial charge is 0.142 e. The third kappa shape index (κ3) is 5.83. The second-order valence-electron chi connectivity index (χ2n) is 5.22. The zero-order valence-corrected chi connectivity index (χ0v) is 13.1. The summed E-state index contributed by atoms with van der Waals surface area (Å²) in [4.78, 5) is 2.41. The average Bonchev–Trinajstić information content (AvgIpc) is 2.50. The second-order valence-corrected chi connectivity index (χ2v) is 5.22. The lowest BCUT2D eigenvalue weighted by molar-refractivity contribution is 0.414. The summed E-state index contributed by atoms with van der Waals surface area (Å²) in [5, 5.41) is 0. The van der Waals surface area contributed by atoms with Crippen LogP contribution in [0.3, 0.4) is 0 Å². The molecule has 0 aliphatic heterocycles. The first-order valence-corrected chi connectivity index (χ1v) is 7.91. The van der Waals surface area contributed by atoms with Gasteiger partial charge >= 0.3 is 0 Å². The normalized spacial score (nSPS) is 10.6. The quantitative estimate of drug-likeness (QED) is 0.625. The maximum absolute atomic E-state index is 5.66. The molecule has 0 atom stereocenters. The van der Waals surface area contributed by atoms with Gasteiger partial charge in [-0.2, -0.15) is 0 Å². The molecule has 2 N–H and O–H groups in total. The van der Waals surface area contributed by atoms with Gasteiger partial charge in [-0.15, -0.1) is 0 Å². The molecule has 3 nitrogen and oxygen atoms in total. The minimum atomic E-state index is 0.738. The van der Waals surface area contributed by atoms with E-state index in [0.717, 1.165) is 31.8 Å². The number of para-hydroxylation sites is 2. The molecule has 1 rings (SSSR count). The summed E-state index contributed by atoms with van der Waals surface area (Å²) in [5.74, 6) is 0.957. The molecular weight excluding hydrogens is 248 g/mol. The van der Waals surface area contributed by atoms with E-state index < -0.39 is 0 Å². The zero-order valence-electron chi connectivity index (χ0n) is 13.1. The number of anilines is 1. The Balaban J connectivity index is 2.58. The van der Waals surface area contributed by atoms with Gasteiger partial charge in [0.2, 0.25) is 0 Å². The van der Waals surface area contributed by atoms with Crippen molar-refractivity contribution in [2.75, 3.05) is 31.6 Å². The molecule has 114 valence electrons. The molecule has 0 aliphatic rings. The van der Waals surface area contributed by atoms with Gasteiger partial charge in [-0.3, -0.25) is 0 Å². The molecule has 0 aromatic heterocycles. The van der Waals surface area contributed by atoms with E-state index in [2.05, 4.69) is 24.0 Å². The van der Waals surface area contributed by atoms with Crippen molar-refractivity contribution in [1.29, 1.82) is 0 Å². The lowest BCUT2D eigenvalue weighted by atomic mass is 10.1. The van der Waals surface area contributed by atoms with Crippen molar-refractivity contribution in [3.05, 3.63) is 24.3 Å². The Morgan fingerprint density at radius 3 is 2.40 bits per heavy atom. The van der Waals surface area contributed by atoms with Gasteiger partial charge in [0.25, 0.3) is 0 Å². The fraction of sp³-hybridized carbons (Fsp3) is 0.647. The van der Waals surface area contributed by atoms with Gasteiger partial charge in [0.05, 0.1) is 12.8 Å². The number of unbranched alkanes of at least 4 members (excludes halogenated alkanes) is 4. The van der Waals surface area contributed by atoms with Crippen molar-refractivity contribution < 1.29 is 4.74 Å². The fourth-order valence-electron chi connectivity index (χ4n) is 2.43. The summed E-state index contributed by atoms with van der Waals surface area (Å²) in [7, 11) is 1.74. The van der Waals surface area contributed by atoms with E-state index in [1.165, 1.54) is 37.8 Å². The lowest BCUT2D eigenvalue weighted by Gasteiger charge is -2.26. The number of benzene rings is 1. The number of rotatable bonds is 11. The monoisotopic (exact) mass is 278 g/mol. The molecule has 1 aromatic carbocycles. The van der Waals surface area contributed by atoms with Crippen LogP contribution in [0.25, 0.3) is 0 Å². The summed E-state index contributed by atoms with van der Waals surface area (Å²) in [6, 6.07) is 8.26. The second kappa shape index (κ2) is 10.6. The summed E-state index contributed by atoms with van der Waals surface area (Å²) in [6.45, 7) is 5.08. The first kappa shape index (κ1) is 16.8. The van der Waals surface area contributed by atoms with Crippen LogP contribution in [0.1, 0.15) is 45.4 Å². The van der Waals surface area contributed by atoms with Crippen molar-refractivity contribution in [3.63, 3.8) is 0 Å². The van der Waals surface area contributed by atoms with Crippen LogP contribution in [0.5, 0.6) is 5.75 Å². The van der Waals surface area contributed by atoms with Crippen molar-refractivity contribution >= 4 is 5.69 Å². The molecule has 20 heavy (non-hydrogen) atoms. The van der Waals surface area contributed by atoms with Crippen LogP contribution in [0.4, 0.5) is 5.69 Å². The first-order valence-electron chi connectivity index (χ1n) is 7.91. The summed E-state index contributed by atoms with van der Waals surface area (Å²) in [5.41, 5.74) is 6.86. The number of hydrogen-bond donors (Lipinski definition) is 1. The molecular formula is C17H30N2O. The van der Waals surface area contributed by atoms with Crippen molar-refractivity contribution in [2.24, 2.45) is 5.73 Å². The highest BCUT2D eigenvalue weighted by molar-refractivity contribution is 5.58. The molecule has 0 bridgehead atoms. The molecule has 0 saturated carbocycles. The number of hydrogen-bond acceptors (Lipinski definition) is 3. The van der Waals surface area contributed by atoms with E-state index in [4.69, 9.17) is 10.5 Å². The molecule has 0 saturated heterocycles. The largest absolute Gasteiger partial charge is 0.495 e. The minimum Gasteiger partial charge on any atom is -0.495 e. The Morgan fingerprint density at radius 1 is 1.00 bits per heavy atom. The summed E-state index contributed by atoms with van der Waals surface area (Å²) >= 11 is 0. The van der Waals surface area contributed by atoms with Gasteiger partial charge in [-0.25, -0.2) is 0 Å². The van der Waals surface area contributed by atoms with Gasteiger partial charge in [0, 0.05) is 13.1 Å². The van der Waals surface area contributed by atoms with E-state index in [-0.39, 0.29) is 0 Å². The summed E-state index contributed by atoms with van der Waals surface area (Å²) < 4.78 is 5.48. The van der Waals surface area contributed by atoms with Crippen LogP contribution in [0.15, 0.2) is 24.3 Å². The molecule has 1 aromatic rings. The van der Waals surface area contributed by atoms with E-state index in [1.54, 1.807) is 7.11 Å².